The molecule has 0 heterocycles. The monoisotopic (exact) mass is 444 g/mol. The summed E-state index contributed by atoms with van der Waals surface area (Å²) in [7, 11) is 0. The number of alkyl halides is 3. The molecule has 0 unspecified atom stereocenters. The number of halogens is 4. The van der Waals surface area contributed by atoms with Crippen molar-refractivity contribution in [2.75, 3.05) is 6.67 Å². The van der Waals surface area contributed by atoms with Crippen LogP contribution in [0.15, 0.2) is 35.7 Å². The molecule has 0 aromatic rings. The number of aliphatic hydroxyl groups is 1. The summed E-state index contributed by atoms with van der Waals surface area (Å²) >= 11 is 14.1. The van der Waals surface area contributed by atoms with Crippen LogP contribution in [0.3, 0.4) is 0 Å². The van der Waals surface area contributed by atoms with Gasteiger partial charge in [-0.25, -0.2) is 8.78 Å². The number of hydrogen-bond acceptors (Lipinski definition) is 3. The fraction of sp³-hybridized carbons (Fsp3) is 0.636. The van der Waals surface area contributed by atoms with E-state index in [0.29, 0.717) is 6.42 Å². The third-order valence-corrected chi connectivity index (χ3v) is 9.86. The van der Waals surface area contributed by atoms with Gasteiger partial charge in [0.15, 0.2) is 18.2 Å². The summed E-state index contributed by atoms with van der Waals surface area (Å²) in [4.78, 5) is 23.2. The van der Waals surface area contributed by atoms with E-state index in [9.17, 15) is 19.1 Å². The Labute approximate surface area is 178 Å². The predicted octanol–water partition coefficient (Wildman–Crippen LogP) is 4.46. The molecule has 4 rings (SSSR count). The van der Waals surface area contributed by atoms with Crippen molar-refractivity contribution in [1.82, 2.24) is 0 Å². The van der Waals surface area contributed by atoms with Crippen molar-refractivity contribution in [3.63, 3.8) is 0 Å². The Bertz CT molecular complexity index is 898. The van der Waals surface area contributed by atoms with Crippen LogP contribution in [0.4, 0.5) is 8.78 Å². The normalized spacial score (nSPS) is 51.0. The number of ketones is 2. The van der Waals surface area contributed by atoms with Gasteiger partial charge in [0.1, 0.15) is 11.4 Å². The minimum Gasteiger partial charge on any atom is -0.381 e. The van der Waals surface area contributed by atoms with E-state index in [4.69, 9.17) is 23.2 Å². The van der Waals surface area contributed by atoms with Gasteiger partial charge < -0.3 is 5.11 Å². The van der Waals surface area contributed by atoms with Gasteiger partial charge in [0.05, 0.1) is 10.3 Å². The topological polar surface area (TPSA) is 54.4 Å². The second-order valence-corrected chi connectivity index (χ2v) is 10.6. The van der Waals surface area contributed by atoms with E-state index < -0.39 is 56.8 Å². The zero-order chi connectivity index (χ0) is 21.6. The van der Waals surface area contributed by atoms with Crippen LogP contribution in [0, 0.1) is 28.6 Å². The van der Waals surface area contributed by atoms with Crippen molar-refractivity contribution in [2.45, 2.75) is 49.5 Å². The Balaban J connectivity index is 1.93. The average Bonchev–Trinajstić information content (AvgIpc) is 2.86. The standard InChI is InChI=1S/C22H24Cl2F2O3/c1-11-6-13-14-8-16(26)15-7-12(27)4-5-19(15,2)21(14,24)17(23)9-20(13,3)22(11,29)18(28)10-25/h4-5,7-8,11,13-14,17,29H,6,9-10H2,1-3H3/t11-,13-,14-,17-,19-,20-,21-,22-/m0/s1. The molecule has 0 amide bonds. The molecule has 0 aliphatic heterocycles. The molecule has 1 N–H and O–H groups in total. The lowest BCUT2D eigenvalue weighted by molar-refractivity contribution is -0.163. The van der Waals surface area contributed by atoms with Crippen molar-refractivity contribution < 1.29 is 23.5 Å². The highest BCUT2D eigenvalue weighted by atomic mass is 35.5. The van der Waals surface area contributed by atoms with Crippen LogP contribution in [-0.2, 0) is 9.59 Å². The van der Waals surface area contributed by atoms with Gasteiger partial charge in [0, 0.05) is 22.3 Å². The van der Waals surface area contributed by atoms with Crippen LogP contribution < -0.4 is 0 Å². The van der Waals surface area contributed by atoms with Gasteiger partial charge in [-0.2, -0.15) is 0 Å². The fourth-order valence-corrected chi connectivity index (χ4v) is 7.86. The van der Waals surface area contributed by atoms with E-state index in [1.165, 1.54) is 18.2 Å². The van der Waals surface area contributed by atoms with E-state index in [1.807, 2.05) is 0 Å². The van der Waals surface area contributed by atoms with Crippen molar-refractivity contribution in [3.8, 4) is 0 Å². The summed E-state index contributed by atoms with van der Waals surface area (Å²) in [6.45, 7) is 3.95. The lowest BCUT2D eigenvalue weighted by atomic mass is 9.48. The Kier molecular flexibility index (Phi) is 4.56. The molecule has 7 heteroatoms. The fourth-order valence-electron chi connectivity index (χ4n) is 6.71. The van der Waals surface area contributed by atoms with Gasteiger partial charge in [0.25, 0.3) is 0 Å². The average molecular weight is 445 g/mol. The van der Waals surface area contributed by atoms with Crippen molar-refractivity contribution in [2.24, 2.45) is 28.6 Å². The highest BCUT2D eigenvalue weighted by Crippen LogP contribution is 2.71. The molecule has 0 aromatic heterocycles. The SMILES string of the molecule is C[C@H]1C[C@H]2[C@@H]3C=C(F)C4=CC(=O)C=C[C@]4(C)[C@@]3(Cl)[C@@H](Cl)C[C@]2(C)[C@@]1(O)C(=O)CF. The Morgan fingerprint density at radius 3 is 2.66 bits per heavy atom. The van der Waals surface area contributed by atoms with E-state index >= 15 is 4.39 Å². The number of Topliss-reactive ketones (excluding diaryl/α,β-unsaturated/α-hetero) is 1. The maximum atomic E-state index is 15.2. The van der Waals surface area contributed by atoms with Gasteiger partial charge in [-0.1, -0.05) is 26.8 Å². The van der Waals surface area contributed by atoms with Crippen LogP contribution >= 0.6 is 23.2 Å². The van der Waals surface area contributed by atoms with Crippen LogP contribution in [0.25, 0.3) is 0 Å². The van der Waals surface area contributed by atoms with Gasteiger partial charge in [-0.15, -0.1) is 23.2 Å². The van der Waals surface area contributed by atoms with Crippen LogP contribution in [0.1, 0.15) is 33.6 Å². The quantitative estimate of drug-likeness (QED) is 0.639. The molecule has 0 saturated heterocycles. The van der Waals surface area contributed by atoms with Gasteiger partial charge >= 0.3 is 0 Å². The van der Waals surface area contributed by atoms with Crippen molar-refractivity contribution >= 4 is 34.8 Å². The summed E-state index contributed by atoms with van der Waals surface area (Å²) in [5.41, 5.74) is -3.77. The summed E-state index contributed by atoms with van der Waals surface area (Å²) in [5, 5.41) is 10.6. The second kappa shape index (κ2) is 6.24. The number of carbonyl (C=O) groups is 2. The largest absolute Gasteiger partial charge is 0.381 e. The van der Waals surface area contributed by atoms with E-state index in [1.54, 1.807) is 26.8 Å². The lowest BCUT2D eigenvalue weighted by Crippen LogP contribution is -2.67. The van der Waals surface area contributed by atoms with Gasteiger partial charge in [-0.3, -0.25) is 9.59 Å². The zero-order valence-electron chi connectivity index (χ0n) is 16.5. The van der Waals surface area contributed by atoms with Crippen molar-refractivity contribution in [3.05, 3.63) is 35.7 Å². The molecule has 158 valence electrons. The maximum Gasteiger partial charge on any atom is 0.196 e. The minimum absolute atomic E-state index is 0.173. The summed E-state index contributed by atoms with van der Waals surface area (Å²) in [5.74, 6) is -3.22. The first-order chi connectivity index (χ1) is 13.4. The third kappa shape index (κ3) is 2.27. The molecule has 3 nitrogen and oxygen atoms in total. The molecule has 8 atom stereocenters. The van der Waals surface area contributed by atoms with Crippen LogP contribution in [0.2, 0.25) is 0 Å². The van der Waals surface area contributed by atoms with Crippen LogP contribution in [-0.4, -0.2) is 39.2 Å². The minimum atomic E-state index is -1.89. The summed E-state index contributed by atoms with van der Waals surface area (Å²) < 4.78 is 28.6. The molecule has 0 bridgehead atoms. The van der Waals surface area contributed by atoms with Gasteiger partial charge in [-0.05, 0) is 42.9 Å². The first-order valence-electron chi connectivity index (χ1n) is 9.85. The first-order valence-corrected chi connectivity index (χ1v) is 10.7. The predicted molar refractivity (Wildman–Crippen MR) is 107 cm³/mol. The lowest BCUT2D eigenvalue weighted by Gasteiger charge is -2.62. The highest BCUT2D eigenvalue weighted by molar-refractivity contribution is 6.34. The smallest absolute Gasteiger partial charge is 0.196 e. The molecule has 4 aliphatic rings. The molecule has 0 radical (unpaired) electrons. The second-order valence-electron chi connectivity index (χ2n) is 9.46. The van der Waals surface area contributed by atoms with E-state index in [2.05, 4.69) is 0 Å². The molecular weight excluding hydrogens is 421 g/mol. The Morgan fingerprint density at radius 1 is 1.38 bits per heavy atom. The Hall–Kier alpha value is -1.04. The zero-order valence-corrected chi connectivity index (χ0v) is 18.0. The first kappa shape index (κ1) is 21.2. The molecule has 2 saturated carbocycles. The molecule has 0 aromatic carbocycles. The van der Waals surface area contributed by atoms with Gasteiger partial charge in [0.2, 0.25) is 0 Å². The summed E-state index contributed by atoms with van der Waals surface area (Å²) in [6, 6.07) is 0. The molecule has 29 heavy (non-hydrogen) atoms. The third-order valence-electron chi connectivity index (χ3n) is 8.34. The molecule has 0 spiro atoms. The molecular formula is C22H24Cl2F2O3. The number of hydrogen-bond donors (Lipinski definition) is 1. The number of carbonyl (C=O) groups excluding carboxylic acids is 2. The number of fused-ring (bicyclic) bond motifs is 5. The van der Waals surface area contributed by atoms with E-state index in [0.717, 1.165) is 0 Å². The van der Waals surface area contributed by atoms with Crippen molar-refractivity contribution in [1.29, 1.82) is 0 Å². The Morgan fingerprint density at radius 2 is 2.03 bits per heavy atom. The maximum absolute atomic E-state index is 15.2. The highest BCUT2D eigenvalue weighted by Gasteiger charge is 2.74. The number of allylic oxidation sites excluding steroid dienone is 6. The molecule has 2 fully saturated rings. The molecule has 4 aliphatic carbocycles. The number of rotatable bonds is 2. The summed E-state index contributed by atoms with van der Waals surface area (Å²) in [6.07, 6.45) is 6.20. The van der Waals surface area contributed by atoms with Crippen LogP contribution in [0.5, 0.6) is 0 Å². The van der Waals surface area contributed by atoms with E-state index in [-0.39, 0.29) is 23.7 Å².